The Kier molecular flexibility index (Phi) is 1.37. The van der Waals surface area contributed by atoms with E-state index in [0.717, 1.165) is 0 Å². The number of rotatable bonds is 1. The molecule has 0 spiro atoms. The highest BCUT2D eigenvalue weighted by Crippen LogP contribution is 2.17. The van der Waals surface area contributed by atoms with E-state index in [2.05, 4.69) is 5.48 Å². The number of nitrogens with one attached hydrogen (secondary N) is 1. The zero-order chi connectivity index (χ0) is 7.78. The molecule has 0 saturated carbocycles. The average molecular weight is 144 g/mol. The largest absolute Gasteiger partial charge is 0.358 e. The van der Waals surface area contributed by atoms with Gasteiger partial charge in [-0.15, -0.1) is 5.48 Å². The lowest BCUT2D eigenvalue weighted by molar-refractivity contribution is -0.437. The van der Waals surface area contributed by atoms with Crippen LogP contribution in [0.4, 0.5) is 0 Å². The van der Waals surface area contributed by atoms with Crippen molar-refractivity contribution in [3.05, 3.63) is 22.0 Å². The molecular weight excluding hydrogens is 136 g/mol. The Morgan fingerprint density at radius 1 is 1.80 bits per heavy atom. The van der Waals surface area contributed by atoms with Crippen LogP contribution >= 0.6 is 0 Å². The predicted molar refractivity (Wildman–Crippen MR) is 33.4 cm³/mol. The second-order valence-electron chi connectivity index (χ2n) is 2.59. The van der Waals surface area contributed by atoms with Crippen LogP contribution in [0.15, 0.2) is 11.9 Å². The van der Waals surface area contributed by atoms with E-state index in [1.54, 1.807) is 13.8 Å². The van der Waals surface area contributed by atoms with Crippen LogP contribution in [0.25, 0.3) is 0 Å². The first kappa shape index (κ1) is 7.01. The second-order valence-corrected chi connectivity index (χ2v) is 2.59. The first-order valence-electron chi connectivity index (χ1n) is 2.82. The third-order valence-corrected chi connectivity index (χ3v) is 1.10. The minimum atomic E-state index is -0.567. The molecule has 5 nitrogen and oxygen atoms in total. The summed E-state index contributed by atoms with van der Waals surface area (Å²) in [5.74, 6) is -0.0926. The average Bonchev–Trinajstić information content (AvgIpc) is 2.10. The van der Waals surface area contributed by atoms with Crippen LogP contribution in [-0.4, -0.2) is 10.5 Å². The van der Waals surface area contributed by atoms with Gasteiger partial charge in [0.1, 0.15) is 5.60 Å². The molecular formula is C5H8N2O3. The zero-order valence-electron chi connectivity index (χ0n) is 5.75. The topological polar surface area (TPSA) is 64.4 Å². The highest BCUT2D eigenvalue weighted by molar-refractivity contribution is 5.04. The van der Waals surface area contributed by atoms with Crippen molar-refractivity contribution >= 4 is 0 Å². The van der Waals surface area contributed by atoms with Crippen LogP contribution in [0, 0.1) is 10.1 Å². The molecule has 0 atom stereocenters. The molecule has 0 radical (unpaired) electrons. The van der Waals surface area contributed by atoms with Gasteiger partial charge in [0.15, 0.2) is 0 Å². The van der Waals surface area contributed by atoms with Crippen LogP contribution in [0.2, 0.25) is 0 Å². The molecule has 0 amide bonds. The molecule has 0 aromatic heterocycles. The maximum atomic E-state index is 10.1. The van der Waals surface area contributed by atoms with Crippen LogP contribution in [-0.2, 0) is 4.84 Å². The SMILES string of the molecule is CC1(C)C=C([N+](=O)[O-])NO1. The quantitative estimate of drug-likeness (QED) is 0.427. The number of hydrogen-bond donors (Lipinski definition) is 1. The fourth-order valence-electron chi connectivity index (χ4n) is 0.662. The molecule has 56 valence electrons. The van der Waals surface area contributed by atoms with Crippen molar-refractivity contribution in [2.24, 2.45) is 0 Å². The Bertz CT molecular complexity index is 197. The van der Waals surface area contributed by atoms with Crippen molar-refractivity contribution in [2.75, 3.05) is 0 Å². The monoisotopic (exact) mass is 144 g/mol. The first-order chi connectivity index (χ1) is 4.51. The Labute approximate surface area is 57.8 Å². The normalized spacial score (nSPS) is 21.6. The van der Waals surface area contributed by atoms with E-state index in [0.29, 0.717) is 0 Å². The molecule has 0 aromatic carbocycles. The summed E-state index contributed by atoms with van der Waals surface area (Å²) in [6, 6.07) is 0. The summed E-state index contributed by atoms with van der Waals surface area (Å²) in [5, 5.41) is 10.1. The van der Waals surface area contributed by atoms with Crippen LogP contribution in [0.5, 0.6) is 0 Å². The summed E-state index contributed by atoms with van der Waals surface area (Å²) in [5.41, 5.74) is 1.64. The van der Waals surface area contributed by atoms with Gasteiger partial charge in [-0.2, -0.15) is 4.84 Å². The summed E-state index contributed by atoms with van der Waals surface area (Å²) < 4.78 is 0. The van der Waals surface area contributed by atoms with Crippen molar-refractivity contribution in [2.45, 2.75) is 19.4 Å². The fourth-order valence-corrected chi connectivity index (χ4v) is 0.662. The Morgan fingerprint density at radius 2 is 2.40 bits per heavy atom. The summed E-state index contributed by atoms with van der Waals surface area (Å²) in [7, 11) is 0. The fraction of sp³-hybridized carbons (Fsp3) is 0.600. The lowest BCUT2D eigenvalue weighted by Crippen LogP contribution is -2.21. The van der Waals surface area contributed by atoms with Crippen LogP contribution in [0.3, 0.4) is 0 Å². The maximum absolute atomic E-state index is 10.1. The molecule has 0 aromatic rings. The van der Waals surface area contributed by atoms with Gasteiger partial charge in [-0.1, -0.05) is 0 Å². The van der Waals surface area contributed by atoms with Gasteiger partial charge in [0.05, 0.1) is 0 Å². The van der Waals surface area contributed by atoms with E-state index in [1.807, 2.05) is 0 Å². The molecule has 1 aliphatic rings. The van der Waals surface area contributed by atoms with Gasteiger partial charge >= 0.3 is 5.82 Å². The van der Waals surface area contributed by atoms with Gasteiger partial charge in [0, 0.05) is 6.08 Å². The summed E-state index contributed by atoms with van der Waals surface area (Å²) in [6.45, 7) is 3.47. The van der Waals surface area contributed by atoms with E-state index in [9.17, 15) is 10.1 Å². The van der Waals surface area contributed by atoms with Gasteiger partial charge in [-0.05, 0) is 18.8 Å². The molecule has 0 bridgehead atoms. The van der Waals surface area contributed by atoms with Crippen molar-refractivity contribution in [1.29, 1.82) is 0 Å². The van der Waals surface area contributed by atoms with E-state index in [-0.39, 0.29) is 5.82 Å². The minimum absolute atomic E-state index is 0.0926. The molecule has 0 fully saturated rings. The minimum Gasteiger partial charge on any atom is -0.358 e. The third-order valence-electron chi connectivity index (χ3n) is 1.10. The summed E-state index contributed by atoms with van der Waals surface area (Å²) in [4.78, 5) is 14.4. The Hall–Kier alpha value is -1.10. The third kappa shape index (κ3) is 1.24. The van der Waals surface area contributed by atoms with Gasteiger partial charge in [0.2, 0.25) is 0 Å². The first-order valence-corrected chi connectivity index (χ1v) is 2.82. The van der Waals surface area contributed by atoms with Gasteiger partial charge in [0.25, 0.3) is 0 Å². The van der Waals surface area contributed by atoms with E-state index in [4.69, 9.17) is 4.84 Å². The number of nitrogens with zero attached hydrogens (tertiary/aromatic N) is 1. The van der Waals surface area contributed by atoms with Crippen LogP contribution in [0.1, 0.15) is 13.8 Å². The molecule has 1 rings (SSSR count). The standard InChI is InChI=1S/C5H8N2O3/c1-5(2)3-4(6-10-5)7(8)9/h3,6H,1-2H3. The van der Waals surface area contributed by atoms with Crippen LogP contribution < -0.4 is 5.48 Å². The number of hydroxylamine groups is 1. The summed E-state index contributed by atoms with van der Waals surface area (Å²) in [6.07, 6.45) is 1.42. The number of hydrogen-bond acceptors (Lipinski definition) is 4. The van der Waals surface area contributed by atoms with Crippen molar-refractivity contribution in [3.8, 4) is 0 Å². The lowest BCUT2D eigenvalue weighted by Gasteiger charge is -2.06. The van der Waals surface area contributed by atoms with E-state index in [1.165, 1.54) is 6.08 Å². The predicted octanol–water partition coefficient (Wildman–Crippen LogP) is 0.418. The van der Waals surface area contributed by atoms with Crippen molar-refractivity contribution < 1.29 is 9.76 Å². The molecule has 0 saturated heterocycles. The Balaban J connectivity index is 2.76. The molecule has 0 unspecified atom stereocenters. The summed E-state index contributed by atoms with van der Waals surface area (Å²) >= 11 is 0. The molecule has 1 aliphatic heterocycles. The van der Waals surface area contributed by atoms with Gasteiger partial charge in [-0.25, -0.2) is 0 Å². The zero-order valence-corrected chi connectivity index (χ0v) is 5.75. The second kappa shape index (κ2) is 1.95. The highest BCUT2D eigenvalue weighted by Gasteiger charge is 2.31. The molecule has 1 N–H and O–H groups in total. The van der Waals surface area contributed by atoms with Crippen molar-refractivity contribution in [3.63, 3.8) is 0 Å². The molecule has 0 aliphatic carbocycles. The number of nitro groups is 1. The molecule has 10 heavy (non-hydrogen) atoms. The molecule has 5 heteroatoms. The Morgan fingerprint density at radius 3 is 2.60 bits per heavy atom. The lowest BCUT2D eigenvalue weighted by atomic mass is 10.1. The molecule has 1 heterocycles. The highest BCUT2D eigenvalue weighted by atomic mass is 16.7. The maximum Gasteiger partial charge on any atom is 0.344 e. The van der Waals surface area contributed by atoms with Crippen molar-refractivity contribution in [1.82, 2.24) is 5.48 Å². The van der Waals surface area contributed by atoms with Gasteiger partial charge in [-0.3, -0.25) is 0 Å². The van der Waals surface area contributed by atoms with E-state index >= 15 is 0 Å². The van der Waals surface area contributed by atoms with Gasteiger partial charge < -0.3 is 10.1 Å². The smallest absolute Gasteiger partial charge is 0.344 e. The van der Waals surface area contributed by atoms with E-state index < -0.39 is 10.5 Å².